The molecule has 2 aromatic rings. The van der Waals surface area contributed by atoms with E-state index in [2.05, 4.69) is 22.6 Å². The van der Waals surface area contributed by atoms with Crippen molar-refractivity contribution in [1.82, 2.24) is 0 Å². The molecule has 0 saturated carbocycles. The molecule has 0 N–H and O–H groups in total. The molecule has 104 valence electrons. The van der Waals surface area contributed by atoms with Crippen LogP contribution in [0.25, 0.3) is 0 Å². The van der Waals surface area contributed by atoms with Gasteiger partial charge in [-0.1, -0.05) is 0 Å². The Hall–Kier alpha value is -1.37. The molecule has 1 atom stereocenters. The van der Waals surface area contributed by atoms with E-state index in [0.29, 0.717) is 23.7 Å². The number of rotatable bonds is 2. The van der Waals surface area contributed by atoms with E-state index in [-0.39, 0.29) is 12.5 Å². The van der Waals surface area contributed by atoms with Gasteiger partial charge in [0.25, 0.3) is 0 Å². The lowest BCUT2D eigenvalue weighted by atomic mass is 10.1. The van der Waals surface area contributed by atoms with Crippen LogP contribution in [0.4, 0.5) is 8.78 Å². The Morgan fingerprint density at radius 3 is 2.80 bits per heavy atom. The minimum atomic E-state index is -0.451. The first-order valence-corrected chi connectivity index (χ1v) is 7.22. The molecular formula is C15H11F2IO2. The smallest absolute Gasteiger partial charge is 0.162 e. The minimum absolute atomic E-state index is 0.273. The van der Waals surface area contributed by atoms with Crippen LogP contribution in [0.3, 0.4) is 0 Å². The Morgan fingerprint density at radius 2 is 1.95 bits per heavy atom. The first-order chi connectivity index (χ1) is 9.61. The molecule has 0 amide bonds. The summed E-state index contributed by atoms with van der Waals surface area (Å²) in [4.78, 5) is 0. The number of hydrogen-bond donors (Lipinski definition) is 0. The molecule has 1 aliphatic heterocycles. The van der Waals surface area contributed by atoms with E-state index in [1.807, 2.05) is 18.2 Å². The Kier molecular flexibility index (Phi) is 3.78. The fraction of sp³-hybridized carbons (Fsp3) is 0.200. The third kappa shape index (κ3) is 2.87. The predicted octanol–water partition coefficient (Wildman–Crippen LogP) is 3.95. The van der Waals surface area contributed by atoms with Gasteiger partial charge in [-0.3, -0.25) is 0 Å². The van der Waals surface area contributed by atoms with Crippen molar-refractivity contribution in [2.75, 3.05) is 6.61 Å². The third-order valence-corrected chi connectivity index (χ3v) is 3.75. The molecule has 3 rings (SSSR count). The van der Waals surface area contributed by atoms with Gasteiger partial charge in [-0.05, 0) is 64.6 Å². The van der Waals surface area contributed by atoms with Crippen LogP contribution in [0, 0.1) is 15.2 Å². The van der Waals surface area contributed by atoms with Crippen LogP contribution < -0.4 is 9.47 Å². The van der Waals surface area contributed by atoms with Crippen molar-refractivity contribution in [3.05, 3.63) is 57.2 Å². The normalized spacial score (nSPS) is 17.1. The second-order valence-corrected chi connectivity index (χ2v) is 5.83. The highest BCUT2D eigenvalue weighted by Crippen LogP contribution is 2.33. The van der Waals surface area contributed by atoms with Gasteiger partial charge in [0.15, 0.2) is 11.5 Å². The summed E-state index contributed by atoms with van der Waals surface area (Å²) in [5, 5.41) is 0. The Labute approximate surface area is 128 Å². The predicted molar refractivity (Wildman–Crippen MR) is 79.1 cm³/mol. The standard InChI is InChI=1S/C15H11F2IO2/c16-10-1-3-13(17)9(5-10)6-12-8-19-15-7-11(18)2-4-14(15)20-12/h1-5,7,12H,6,8H2. The van der Waals surface area contributed by atoms with Crippen LogP contribution in [0.2, 0.25) is 0 Å². The zero-order valence-corrected chi connectivity index (χ0v) is 12.6. The molecule has 0 saturated heterocycles. The van der Waals surface area contributed by atoms with Gasteiger partial charge >= 0.3 is 0 Å². The number of benzene rings is 2. The van der Waals surface area contributed by atoms with Crippen LogP contribution in [0.15, 0.2) is 36.4 Å². The molecular weight excluding hydrogens is 377 g/mol. The summed E-state index contributed by atoms with van der Waals surface area (Å²) in [5.41, 5.74) is 0.299. The average molecular weight is 388 g/mol. The van der Waals surface area contributed by atoms with Crippen molar-refractivity contribution in [1.29, 1.82) is 0 Å². The first-order valence-electron chi connectivity index (χ1n) is 6.15. The van der Waals surface area contributed by atoms with Crippen molar-refractivity contribution >= 4 is 22.6 Å². The molecule has 1 unspecified atom stereocenters. The molecule has 1 aliphatic rings. The van der Waals surface area contributed by atoms with Gasteiger partial charge in [0.2, 0.25) is 0 Å². The third-order valence-electron chi connectivity index (χ3n) is 3.08. The van der Waals surface area contributed by atoms with Gasteiger partial charge < -0.3 is 9.47 Å². The van der Waals surface area contributed by atoms with Crippen LogP contribution in [-0.4, -0.2) is 12.7 Å². The SMILES string of the molecule is Fc1ccc(F)c(CC2COc3cc(I)ccc3O2)c1. The quantitative estimate of drug-likeness (QED) is 0.726. The molecule has 0 spiro atoms. The van der Waals surface area contributed by atoms with E-state index in [0.717, 1.165) is 15.7 Å². The average Bonchev–Trinajstić information content (AvgIpc) is 2.43. The second kappa shape index (κ2) is 5.55. The molecule has 2 nitrogen and oxygen atoms in total. The molecule has 0 aromatic heterocycles. The van der Waals surface area contributed by atoms with Crippen LogP contribution in [0.1, 0.15) is 5.56 Å². The Morgan fingerprint density at radius 1 is 1.10 bits per heavy atom. The lowest BCUT2D eigenvalue weighted by Crippen LogP contribution is -2.31. The van der Waals surface area contributed by atoms with E-state index in [9.17, 15) is 8.78 Å². The van der Waals surface area contributed by atoms with Gasteiger partial charge in [-0.2, -0.15) is 0 Å². The fourth-order valence-electron chi connectivity index (χ4n) is 2.13. The van der Waals surface area contributed by atoms with Gasteiger partial charge in [-0.15, -0.1) is 0 Å². The van der Waals surface area contributed by atoms with E-state index < -0.39 is 11.6 Å². The van der Waals surface area contributed by atoms with Crippen LogP contribution in [0.5, 0.6) is 11.5 Å². The van der Waals surface area contributed by atoms with Gasteiger partial charge in [0.05, 0.1) is 0 Å². The second-order valence-electron chi connectivity index (χ2n) is 4.58. The van der Waals surface area contributed by atoms with Crippen molar-refractivity contribution in [2.45, 2.75) is 12.5 Å². The maximum absolute atomic E-state index is 13.6. The lowest BCUT2D eigenvalue weighted by Gasteiger charge is -2.26. The number of fused-ring (bicyclic) bond motifs is 1. The van der Waals surface area contributed by atoms with Gasteiger partial charge in [0, 0.05) is 9.99 Å². The number of ether oxygens (including phenoxy) is 2. The van der Waals surface area contributed by atoms with Crippen molar-refractivity contribution in [3.8, 4) is 11.5 Å². The molecule has 0 bridgehead atoms. The zero-order chi connectivity index (χ0) is 14.1. The minimum Gasteiger partial charge on any atom is -0.486 e. The molecule has 0 radical (unpaired) electrons. The monoisotopic (exact) mass is 388 g/mol. The van der Waals surface area contributed by atoms with E-state index in [1.165, 1.54) is 6.07 Å². The largest absolute Gasteiger partial charge is 0.486 e. The van der Waals surface area contributed by atoms with Crippen LogP contribution in [-0.2, 0) is 6.42 Å². The summed E-state index contributed by atoms with van der Waals surface area (Å²) in [5.74, 6) is 0.447. The number of hydrogen-bond acceptors (Lipinski definition) is 2. The molecule has 5 heteroatoms. The number of halogens is 3. The molecule has 0 aliphatic carbocycles. The topological polar surface area (TPSA) is 18.5 Å². The van der Waals surface area contributed by atoms with Crippen molar-refractivity contribution in [2.24, 2.45) is 0 Å². The van der Waals surface area contributed by atoms with Crippen molar-refractivity contribution < 1.29 is 18.3 Å². The highest BCUT2D eigenvalue weighted by Gasteiger charge is 2.22. The molecule has 1 heterocycles. The maximum atomic E-state index is 13.6. The summed E-state index contributed by atoms with van der Waals surface area (Å²) >= 11 is 2.19. The summed E-state index contributed by atoms with van der Waals surface area (Å²) in [6.07, 6.45) is -0.0477. The Bertz CT molecular complexity index is 646. The maximum Gasteiger partial charge on any atom is 0.162 e. The Balaban J connectivity index is 1.77. The molecule has 0 fully saturated rings. The molecule has 20 heavy (non-hydrogen) atoms. The summed E-state index contributed by atoms with van der Waals surface area (Å²) in [6, 6.07) is 9.05. The first kappa shape index (κ1) is 13.6. The zero-order valence-electron chi connectivity index (χ0n) is 10.4. The molecule has 2 aromatic carbocycles. The van der Waals surface area contributed by atoms with Gasteiger partial charge in [0.1, 0.15) is 24.3 Å². The fourth-order valence-corrected chi connectivity index (χ4v) is 2.60. The van der Waals surface area contributed by atoms with E-state index in [4.69, 9.17) is 9.47 Å². The van der Waals surface area contributed by atoms with Crippen LogP contribution >= 0.6 is 22.6 Å². The van der Waals surface area contributed by atoms with E-state index in [1.54, 1.807) is 0 Å². The summed E-state index contributed by atoms with van der Waals surface area (Å²) in [6.45, 7) is 0.322. The van der Waals surface area contributed by atoms with Crippen molar-refractivity contribution in [3.63, 3.8) is 0 Å². The lowest BCUT2D eigenvalue weighted by molar-refractivity contribution is 0.0905. The summed E-state index contributed by atoms with van der Waals surface area (Å²) < 4.78 is 39.2. The highest BCUT2D eigenvalue weighted by molar-refractivity contribution is 14.1. The van der Waals surface area contributed by atoms with Gasteiger partial charge in [-0.25, -0.2) is 8.78 Å². The highest BCUT2D eigenvalue weighted by atomic mass is 127. The summed E-state index contributed by atoms with van der Waals surface area (Å²) in [7, 11) is 0. The van der Waals surface area contributed by atoms with E-state index >= 15 is 0 Å².